The van der Waals surface area contributed by atoms with Gasteiger partial charge in [0.15, 0.2) is 0 Å². The third-order valence-corrected chi connectivity index (χ3v) is 6.92. The molecule has 0 aromatic heterocycles. The molecule has 1 fully saturated rings. The van der Waals surface area contributed by atoms with Crippen molar-refractivity contribution < 1.29 is 19.4 Å². The molecule has 6 heteroatoms. The van der Waals surface area contributed by atoms with Gasteiger partial charge in [-0.25, -0.2) is 0 Å². The normalized spacial score (nSPS) is 17.4. The maximum Gasteiger partial charge on any atom is 0.295 e. The van der Waals surface area contributed by atoms with E-state index in [1.54, 1.807) is 11.0 Å². The van der Waals surface area contributed by atoms with Gasteiger partial charge in [-0.15, -0.1) is 0 Å². The highest BCUT2D eigenvalue weighted by Crippen LogP contribution is 2.40. The van der Waals surface area contributed by atoms with Crippen molar-refractivity contribution in [3.05, 3.63) is 70.3 Å². The Morgan fingerprint density at radius 2 is 1.72 bits per heavy atom. The standard InChI is InChI=1S/C30H40N2O4/c1-7-18-36-25-15-14-24(19-21(25)6)28(33)26-27(23-12-10-22(11-13-23)20(4)5)32(30(35)29(26)34)17-16-31(8-2)9-3/h10-15,19-20,27,33H,7-9,16-18H2,1-6H3/b28-26-. The van der Waals surface area contributed by atoms with Crippen LogP contribution in [0.1, 0.15) is 75.3 Å². The minimum absolute atomic E-state index is 0.137. The second-order valence-corrected chi connectivity index (χ2v) is 9.67. The molecule has 0 aliphatic carbocycles. The van der Waals surface area contributed by atoms with Crippen LogP contribution >= 0.6 is 0 Å². The zero-order valence-electron chi connectivity index (χ0n) is 22.5. The summed E-state index contributed by atoms with van der Waals surface area (Å²) in [4.78, 5) is 30.4. The number of ketones is 1. The van der Waals surface area contributed by atoms with E-state index in [1.807, 2.05) is 50.2 Å². The lowest BCUT2D eigenvalue weighted by molar-refractivity contribution is -0.140. The Labute approximate surface area is 215 Å². The summed E-state index contributed by atoms with van der Waals surface area (Å²) < 4.78 is 5.77. The number of carbonyl (C=O) groups excluding carboxylic acids is 2. The van der Waals surface area contributed by atoms with Gasteiger partial charge >= 0.3 is 0 Å². The molecule has 0 radical (unpaired) electrons. The average molecular weight is 493 g/mol. The largest absolute Gasteiger partial charge is 0.507 e. The van der Waals surface area contributed by atoms with E-state index >= 15 is 0 Å². The molecular weight excluding hydrogens is 452 g/mol. The number of Topliss-reactive ketones (excluding diaryl/α,β-unsaturated/α-hetero) is 1. The van der Waals surface area contributed by atoms with Crippen LogP contribution in [0, 0.1) is 6.92 Å². The predicted molar refractivity (Wildman–Crippen MR) is 144 cm³/mol. The third kappa shape index (κ3) is 5.81. The van der Waals surface area contributed by atoms with Crippen LogP contribution in [0.3, 0.4) is 0 Å². The average Bonchev–Trinajstić information content (AvgIpc) is 3.13. The van der Waals surface area contributed by atoms with Crippen LogP contribution in [0.4, 0.5) is 0 Å². The second-order valence-electron chi connectivity index (χ2n) is 9.67. The van der Waals surface area contributed by atoms with E-state index in [4.69, 9.17) is 4.74 Å². The van der Waals surface area contributed by atoms with Gasteiger partial charge in [0, 0.05) is 18.7 Å². The highest BCUT2D eigenvalue weighted by Gasteiger charge is 2.46. The number of aliphatic hydroxyl groups is 1. The van der Waals surface area contributed by atoms with Gasteiger partial charge in [0.2, 0.25) is 0 Å². The van der Waals surface area contributed by atoms with Gasteiger partial charge in [-0.1, -0.05) is 58.9 Å². The molecule has 0 spiro atoms. The second kappa shape index (κ2) is 12.2. The number of hydrogen-bond acceptors (Lipinski definition) is 5. The topological polar surface area (TPSA) is 70.1 Å². The Bertz CT molecular complexity index is 1100. The Hall–Kier alpha value is -3.12. The Morgan fingerprint density at radius 1 is 1.06 bits per heavy atom. The van der Waals surface area contributed by atoms with Crippen molar-refractivity contribution in [2.45, 2.75) is 59.9 Å². The Morgan fingerprint density at radius 3 is 2.28 bits per heavy atom. The van der Waals surface area contributed by atoms with E-state index in [1.165, 1.54) is 5.56 Å². The number of hydrogen-bond donors (Lipinski definition) is 1. The van der Waals surface area contributed by atoms with Crippen molar-refractivity contribution in [3.63, 3.8) is 0 Å². The summed E-state index contributed by atoms with van der Waals surface area (Å²) in [5, 5.41) is 11.4. The molecule has 6 nitrogen and oxygen atoms in total. The smallest absolute Gasteiger partial charge is 0.295 e. The lowest BCUT2D eigenvalue weighted by Gasteiger charge is -2.28. The number of carbonyl (C=O) groups is 2. The molecule has 3 rings (SSSR count). The SMILES string of the molecule is CCCOc1ccc(/C(O)=C2/C(=O)C(=O)N(CCN(CC)CC)C2c2ccc(C(C)C)cc2)cc1C. The lowest BCUT2D eigenvalue weighted by Crippen LogP contribution is -2.38. The minimum atomic E-state index is -0.644. The molecule has 1 amide bonds. The van der Waals surface area contributed by atoms with Crippen molar-refractivity contribution in [2.75, 3.05) is 32.8 Å². The number of nitrogens with zero attached hydrogens (tertiary/aromatic N) is 2. The van der Waals surface area contributed by atoms with Crippen molar-refractivity contribution in [3.8, 4) is 5.75 Å². The molecule has 1 aliphatic heterocycles. The molecule has 194 valence electrons. The highest BCUT2D eigenvalue weighted by atomic mass is 16.5. The van der Waals surface area contributed by atoms with E-state index in [-0.39, 0.29) is 11.3 Å². The van der Waals surface area contributed by atoms with Crippen LogP contribution in [0.25, 0.3) is 5.76 Å². The van der Waals surface area contributed by atoms with Crippen molar-refractivity contribution in [1.29, 1.82) is 0 Å². The number of likely N-dealkylation sites (tertiary alicyclic amines) is 1. The number of amides is 1. The molecule has 36 heavy (non-hydrogen) atoms. The first-order valence-electron chi connectivity index (χ1n) is 13.1. The summed E-state index contributed by atoms with van der Waals surface area (Å²) >= 11 is 0. The van der Waals surface area contributed by atoms with Gasteiger partial charge in [0.1, 0.15) is 11.5 Å². The summed E-state index contributed by atoms with van der Waals surface area (Å²) in [5.41, 5.74) is 3.50. The van der Waals surface area contributed by atoms with Crippen LogP contribution in [-0.4, -0.2) is 59.4 Å². The van der Waals surface area contributed by atoms with Crippen molar-refractivity contribution >= 4 is 17.4 Å². The summed E-state index contributed by atoms with van der Waals surface area (Å²) in [7, 11) is 0. The summed E-state index contributed by atoms with van der Waals surface area (Å²) in [6, 6.07) is 12.7. The van der Waals surface area contributed by atoms with E-state index < -0.39 is 17.7 Å². The molecule has 1 saturated heterocycles. The van der Waals surface area contributed by atoms with E-state index in [0.29, 0.717) is 31.2 Å². The van der Waals surface area contributed by atoms with Gasteiger partial charge in [0.05, 0.1) is 18.2 Å². The third-order valence-electron chi connectivity index (χ3n) is 6.92. The molecular formula is C30H40N2O4. The maximum absolute atomic E-state index is 13.3. The van der Waals surface area contributed by atoms with Crippen molar-refractivity contribution in [2.24, 2.45) is 0 Å². The molecule has 1 aliphatic rings. The molecule has 0 saturated carbocycles. The quantitative estimate of drug-likeness (QED) is 0.249. The fourth-order valence-corrected chi connectivity index (χ4v) is 4.64. The van der Waals surface area contributed by atoms with Gasteiger partial charge in [-0.05, 0) is 67.2 Å². The van der Waals surface area contributed by atoms with E-state index in [0.717, 1.165) is 36.4 Å². The first-order chi connectivity index (χ1) is 17.2. The van der Waals surface area contributed by atoms with Crippen molar-refractivity contribution in [1.82, 2.24) is 9.80 Å². The number of benzene rings is 2. The number of ether oxygens (including phenoxy) is 1. The van der Waals surface area contributed by atoms with Crippen LogP contribution in [0.2, 0.25) is 0 Å². The molecule has 1 heterocycles. The van der Waals surface area contributed by atoms with Crippen LogP contribution < -0.4 is 4.74 Å². The molecule has 1 unspecified atom stereocenters. The monoisotopic (exact) mass is 492 g/mol. The van der Waals surface area contributed by atoms with Crippen LogP contribution in [0.15, 0.2) is 48.0 Å². The van der Waals surface area contributed by atoms with Gasteiger partial charge in [0.25, 0.3) is 11.7 Å². The van der Waals surface area contributed by atoms with Crippen LogP contribution in [-0.2, 0) is 9.59 Å². The number of aryl methyl sites for hydroxylation is 1. The predicted octanol–water partition coefficient (Wildman–Crippen LogP) is 5.67. The fourth-order valence-electron chi connectivity index (χ4n) is 4.64. The maximum atomic E-state index is 13.3. The Kier molecular flexibility index (Phi) is 9.32. The van der Waals surface area contributed by atoms with Gasteiger partial charge in [-0.3, -0.25) is 9.59 Å². The first-order valence-corrected chi connectivity index (χ1v) is 13.1. The van der Waals surface area contributed by atoms with Crippen LogP contribution in [0.5, 0.6) is 5.75 Å². The number of rotatable bonds is 11. The minimum Gasteiger partial charge on any atom is -0.507 e. The lowest BCUT2D eigenvalue weighted by atomic mass is 9.93. The molecule has 0 bridgehead atoms. The highest BCUT2D eigenvalue weighted by molar-refractivity contribution is 6.46. The van der Waals surface area contributed by atoms with E-state index in [9.17, 15) is 14.7 Å². The Balaban J connectivity index is 2.08. The molecule has 2 aromatic rings. The summed E-state index contributed by atoms with van der Waals surface area (Å²) in [5.74, 6) is -0.254. The van der Waals surface area contributed by atoms with E-state index in [2.05, 4.69) is 32.6 Å². The molecule has 1 atom stereocenters. The van der Waals surface area contributed by atoms with Gasteiger partial charge < -0.3 is 19.6 Å². The fraction of sp³-hybridized carbons (Fsp3) is 0.467. The summed E-state index contributed by atoms with van der Waals surface area (Å²) in [6.07, 6.45) is 0.897. The molecule has 2 aromatic carbocycles. The zero-order valence-corrected chi connectivity index (χ0v) is 22.5. The van der Waals surface area contributed by atoms with Gasteiger partial charge in [-0.2, -0.15) is 0 Å². The number of aliphatic hydroxyl groups excluding tert-OH is 1. The first kappa shape index (κ1) is 27.5. The summed E-state index contributed by atoms with van der Waals surface area (Å²) in [6.45, 7) is 15.8. The molecule has 1 N–H and O–H groups in total. The number of likely N-dealkylation sites (N-methyl/N-ethyl adjacent to an activating group) is 1. The zero-order chi connectivity index (χ0) is 26.4.